The number of carbonyl (C=O) groups is 2. The normalized spacial score (nSPS) is 12.5. The van der Waals surface area contributed by atoms with Gasteiger partial charge >= 0.3 is 11.9 Å². The molecule has 2 aromatic rings. The topological polar surface area (TPSA) is 139 Å². The van der Waals surface area contributed by atoms with E-state index in [0.717, 1.165) is 0 Å². The molecule has 0 fully saturated rings. The highest BCUT2D eigenvalue weighted by molar-refractivity contribution is 5.90. The first kappa shape index (κ1) is 22.5. The molecule has 0 amide bonds. The standard InChI is InChI=1S/C20H20N2O8/c1-3-29-19(23)17(13-5-9-15(10-6-13)21(25)26)18(20(24)30-4-2)14-7-11-16(12-8-14)22(27)28/h5-12,17-18H,3-4H2,1-2H3/t17-,18+. The fourth-order valence-corrected chi connectivity index (χ4v) is 3.00. The Kier molecular flexibility index (Phi) is 7.56. The van der Waals surface area contributed by atoms with Crippen LogP contribution in [0.3, 0.4) is 0 Å². The van der Waals surface area contributed by atoms with Crippen LogP contribution < -0.4 is 0 Å². The maximum Gasteiger partial charge on any atom is 0.314 e. The zero-order valence-electron chi connectivity index (χ0n) is 16.3. The van der Waals surface area contributed by atoms with Gasteiger partial charge in [0.2, 0.25) is 0 Å². The number of ether oxygens (including phenoxy) is 2. The Bertz CT molecular complexity index is 847. The van der Waals surface area contributed by atoms with Crippen molar-refractivity contribution in [3.63, 3.8) is 0 Å². The smallest absolute Gasteiger partial charge is 0.314 e. The van der Waals surface area contributed by atoms with E-state index in [1.807, 2.05) is 0 Å². The summed E-state index contributed by atoms with van der Waals surface area (Å²) in [5.74, 6) is -3.76. The first-order chi connectivity index (χ1) is 14.3. The number of carbonyl (C=O) groups excluding carboxylic acids is 2. The molecule has 0 aromatic heterocycles. The van der Waals surface area contributed by atoms with Crippen molar-refractivity contribution < 1.29 is 28.9 Å². The molecule has 0 saturated carbocycles. The van der Waals surface area contributed by atoms with E-state index < -0.39 is 33.6 Å². The van der Waals surface area contributed by atoms with Crippen molar-refractivity contribution in [3.8, 4) is 0 Å². The molecule has 2 aromatic carbocycles. The van der Waals surface area contributed by atoms with Crippen LogP contribution in [0.2, 0.25) is 0 Å². The Hall–Kier alpha value is -3.82. The average molecular weight is 416 g/mol. The van der Waals surface area contributed by atoms with Crippen LogP contribution >= 0.6 is 0 Å². The van der Waals surface area contributed by atoms with Gasteiger partial charge in [-0.3, -0.25) is 29.8 Å². The van der Waals surface area contributed by atoms with Crippen LogP contribution in [0.5, 0.6) is 0 Å². The first-order valence-electron chi connectivity index (χ1n) is 9.12. The number of hydrogen-bond acceptors (Lipinski definition) is 8. The lowest BCUT2D eigenvalue weighted by molar-refractivity contribution is -0.385. The maximum atomic E-state index is 12.8. The third kappa shape index (κ3) is 5.16. The molecule has 0 aliphatic carbocycles. The van der Waals surface area contributed by atoms with Gasteiger partial charge in [-0.2, -0.15) is 0 Å². The largest absolute Gasteiger partial charge is 0.465 e. The third-order valence-corrected chi connectivity index (χ3v) is 4.34. The van der Waals surface area contributed by atoms with Crippen molar-refractivity contribution in [1.29, 1.82) is 0 Å². The Morgan fingerprint density at radius 3 is 1.27 bits per heavy atom. The van der Waals surface area contributed by atoms with E-state index in [1.54, 1.807) is 13.8 Å². The quantitative estimate of drug-likeness (QED) is 0.344. The summed E-state index contributed by atoms with van der Waals surface area (Å²) in [4.78, 5) is 46.3. The maximum absolute atomic E-state index is 12.8. The van der Waals surface area contributed by atoms with Gasteiger partial charge in [-0.25, -0.2) is 0 Å². The molecule has 158 valence electrons. The van der Waals surface area contributed by atoms with Crippen LogP contribution in [-0.4, -0.2) is 35.0 Å². The molecule has 0 radical (unpaired) electrons. The summed E-state index contributed by atoms with van der Waals surface area (Å²) in [6.45, 7) is 3.32. The predicted octanol–water partition coefficient (Wildman–Crippen LogP) is 3.50. The van der Waals surface area contributed by atoms with Crippen LogP contribution in [0.15, 0.2) is 48.5 Å². The summed E-state index contributed by atoms with van der Waals surface area (Å²) in [5.41, 5.74) is 0.277. The van der Waals surface area contributed by atoms with E-state index in [-0.39, 0.29) is 24.6 Å². The number of nitro benzene ring substituents is 2. The van der Waals surface area contributed by atoms with Crippen LogP contribution in [0, 0.1) is 20.2 Å². The molecule has 0 aliphatic rings. The Morgan fingerprint density at radius 2 is 1.03 bits per heavy atom. The molecule has 10 heteroatoms. The van der Waals surface area contributed by atoms with Crippen molar-refractivity contribution in [1.82, 2.24) is 0 Å². The highest BCUT2D eigenvalue weighted by Gasteiger charge is 2.39. The molecule has 0 saturated heterocycles. The fourth-order valence-electron chi connectivity index (χ4n) is 3.00. The van der Waals surface area contributed by atoms with E-state index >= 15 is 0 Å². The second-order valence-corrected chi connectivity index (χ2v) is 6.16. The first-order valence-corrected chi connectivity index (χ1v) is 9.12. The fraction of sp³-hybridized carbons (Fsp3) is 0.300. The average Bonchev–Trinajstić information content (AvgIpc) is 2.72. The number of esters is 2. The minimum Gasteiger partial charge on any atom is -0.465 e. The van der Waals surface area contributed by atoms with Crippen molar-refractivity contribution in [2.24, 2.45) is 0 Å². The number of nitro groups is 2. The summed E-state index contributed by atoms with van der Waals surface area (Å²) in [6.07, 6.45) is 0. The summed E-state index contributed by atoms with van der Waals surface area (Å²) in [6, 6.07) is 10.4. The molecule has 2 atom stereocenters. The van der Waals surface area contributed by atoms with Crippen LogP contribution in [0.1, 0.15) is 36.8 Å². The highest BCUT2D eigenvalue weighted by atomic mass is 16.6. The molecule has 10 nitrogen and oxygen atoms in total. The molecule has 0 bridgehead atoms. The van der Waals surface area contributed by atoms with Crippen molar-refractivity contribution in [3.05, 3.63) is 79.9 Å². The highest BCUT2D eigenvalue weighted by Crippen LogP contribution is 2.37. The van der Waals surface area contributed by atoms with Crippen molar-refractivity contribution in [2.75, 3.05) is 13.2 Å². The van der Waals surface area contributed by atoms with Gasteiger partial charge in [-0.1, -0.05) is 24.3 Å². The van der Waals surface area contributed by atoms with E-state index in [1.165, 1.54) is 48.5 Å². The number of non-ortho nitro benzene ring substituents is 2. The van der Waals surface area contributed by atoms with Gasteiger partial charge in [0.1, 0.15) is 0 Å². The van der Waals surface area contributed by atoms with E-state index in [4.69, 9.17) is 9.47 Å². The lowest BCUT2D eigenvalue weighted by atomic mass is 9.81. The van der Waals surface area contributed by atoms with Gasteiger partial charge in [0.05, 0.1) is 34.9 Å². The molecular weight excluding hydrogens is 396 g/mol. The van der Waals surface area contributed by atoms with E-state index in [0.29, 0.717) is 11.1 Å². The Morgan fingerprint density at radius 1 is 0.733 bits per heavy atom. The molecule has 2 rings (SSSR count). The lowest BCUT2D eigenvalue weighted by Gasteiger charge is -2.25. The van der Waals surface area contributed by atoms with Gasteiger partial charge in [-0.05, 0) is 25.0 Å². The second-order valence-electron chi connectivity index (χ2n) is 6.16. The van der Waals surface area contributed by atoms with Gasteiger partial charge in [-0.15, -0.1) is 0 Å². The van der Waals surface area contributed by atoms with Gasteiger partial charge in [0, 0.05) is 24.3 Å². The lowest BCUT2D eigenvalue weighted by Crippen LogP contribution is -2.29. The molecular formula is C20H20N2O8. The number of rotatable bonds is 9. The van der Waals surface area contributed by atoms with Crippen molar-refractivity contribution >= 4 is 23.3 Å². The summed E-state index contributed by atoms with van der Waals surface area (Å²) < 4.78 is 10.3. The summed E-state index contributed by atoms with van der Waals surface area (Å²) in [7, 11) is 0. The van der Waals surface area contributed by atoms with E-state index in [9.17, 15) is 29.8 Å². The molecule has 30 heavy (non-hydrogen) atoms. The van der Waals surface area contributed by atoms with Gasteiger partial charge in [0.25, 0.3) is 11.4 Å². The van der Waals surface area contributed by atoms with E-state index in [2.05, 4.69) is 0 Å². The van der Waals surface area contributed by atoms with Crippen molar-refractivity contribution in [2.45, 2.75) is 25.7 Å². The molecule has 0 N–H and O–H groups in total. The van der Waals surface area contributed by atoms with Gasteiger partial charge < -0.3 is 9.47 Å². The Labute approximate surface area is 171 Å². The van der Waals surface area contributed by atoms with Crippen LogP contribution in [-0.2, 0) is 19.1 Å². The second kappa shape index (κ2) is 10.1. The van der Waals surface area contributed by atoms with Crippen LogP contribution in [0.25, 0.3) is 0 Å². The third-order valence-electron chi connectivity index (χ3n) is 4.34. The summed E-state index contributed by atoms with van der Waals surface area (Å²) in [5, 5.41) is 21.9. The zero-order valence-corrected chi connectivity index (χ0v) is 16.3. The predicted molar refractivity (Wildman–Crippen MR) is 105 cm³/mol. The monoisotopic (exact) mass is 416 g/mol. The Balaban J connectivity index is 2.59. The SMILES string of the molecule is CCOC(=O)[C@H](c1ccc([N+](=O)[O-])cc1)[C@@H](C(=O)OCC)c1ccc([N+](=O)[O-])cc1. The molecule has 0 unspecified atom stereocenters. The minimum absolute atomic E-state index is 0.0537. The molecule has 0 heterocycles. The summed E-state index contributed by atoms with van der Waals surface area (Å²) >= 11 is 0. The van der Waals surface area contributed by atoms with Crippen LogP contribution in [0.4, 0.5) is 11.4 Å². The number of hydrogen-bond donors (Lipinski definition) is 0. The molecule has 0 spiro atoms. The minimum atomic E-state index is -1.16. The van der Waals surface area contributed by atoms with Gasteiger partial charge in [0.15, 0.2) is 0 Å². The zero-order chi connectivity index (χ0) is 22.3. The molecule has 0 aliphatic heterocycles. The number of nitrogens with zero attached hydrogens (tertiary/aromatic N) is 2. The number of benzene rings is 2.